The summed E-state index contributed by atoms with van der Waals surface area (Å²) in [5.41, 5.74) is -3.65. The zero-order valence-electron chi connectivity index (χ0n) is 34.5. The molecule has 3 rings (SSSR count). The number of esters is 1. The van der Waals surface area contributed by atoms with Crippen LogP contribution < -0.4 is 5.84 Å². The van der Waals surface area contributed by atoms with Crippen LogP contribution in [0.1, 0.15) is 94.9 Å². The Kier molecular flexibility index (Phi) is 15.7. The van der Waals surface area contributed by atoms with E-state index in [0.717, 1.165) is 0 Å². The van der Waals surface area contributed by atoms with E-state index in [1.807, 2.05) is 46.7 Å². The molecule has 0 saturated carbocycles. The molecular weight excluding hydrogens is 690 g/mol. The van der Waals surface area contributed by atoms with Crippen molar-refractivity contribution in [2.75, 3.05) is 28.3 Å². The summed E-state index contributed by atoms with van der Waals surface area (Å²) in [4.78, 5) is 16.2. The van der Waals surface area contributed by atoms with E-state index in [2.05, 4.69) is 5.10 Å². The van der Waals surface area contributed by atoms with E-state index in [4.69, 9.17) is 39.0 Å². The fourth-order valence-corrected chi connectivity index (χ4v) is 8.84. The van der Waals surface area contributed by atoms with E-state index in [1.165, 1.54) is 14.0 Å². The van der Waals surface area contributed by atoms with Gasteiger partial charge >= 0.3 is 5.97 Å². The summed E-state index contributed by atoms with van der Waals surface area (Å²) in [6, 6.07) is -0.265. The van der Waals surface area contributed by atoms with Gasteiger partial charge in [0, 0.05) is 44.2 Å². The average Bonchev–Trinajstić information content (AvgIpc) is 3.10. The fraction of sp³-hybridized carbons (Fsp3) is 0.947. The lowest BCUT2D eigenvalue weighted by molar-refractivity contribution is -0.319. The molecule has 3 heterocycles. The third-order valence-corrected chi connectivity index (χ3v) is 12.5. The Morgan fingerprint density at radius 2 is 1.51 bits per heavy atom. The summed E-state index contributed by atoms with van der Waals surface area (Å²) >= 11 is 0. The number of hydrogen-bond donors (Lipinski definition) is 5. The molecule has 0 amide bonds. The Hall–Kier alpha value is -1.50. The Morgan fingerprint density at radius 1 is 0.906 bits per heavy atom. The van der Waals surface area contributed by atoms with Gasteiger partial charge in [0.1, 0.15) is 23.9 Å². The van der Waals surface area contributed by atoms with Gasteiger partial charge in [-0.1, -0.05) is 27.7 Å². The van der Waals surface area contributed by atoms with E-state index >= 15 is 0 Å². The van der Waals surface area contributed by atoms with Crippen molar-refractivity contribution in [3.05, 3.63) is 0 Å². The summed E-state index contributed by atoms with van der Waals surface area (Å²) in [5.74, 6) is 2.50. The Labute approximate surface area is 316 Å². The van der Waals surface area contributed by atoms with E-state index in [0.29, 0.717) is 12.1 Å². The van der Waals surface area contributed by atoms with E-state index in [-0.39, 0.29) is 31.4 Å². The zero-order valence-corrected chi connectivity index (χ0v) is 34.5. The van der Waals surface area contributed by atoms with Crippen molar-refractivity contribution in [1.82, 2.24) is 4.90 Å². The molecule has 0 bridgehead atoms. The van der Waals surface area contributed by atoms with Gasteiger partial charge in [0.25, 0.3) is 0 Å². The standard InChI is InChI=1S/C38H71N3O12/c1-15-26-38(10,46)31(43)21(4)28(40-39)19(2)17-37(9,48-14)33(53-35-29(42)25(41(11)12)16-20(3)49-35)22(5)30(23(6)34(45)51-26)52-27-18-36(8,47-13)32(44)24(7)50-27/h19-27,29-33,35,42-44,46H,15-18,39H2,1-14H3/b40-28-/t19-,20+,21+,22+,23-,24+,25-,26-,27+,29+,30+,31-,32+,33-,35-,36-,37-,38-/m1/s1. The third kappa shape index (κ3) is 9.73. The molecule has 0 spiro atoms. The van der Waals surface area contributed by atoms with Crippen molar-refractivity contribution in [3.63, 3.8) is 0 Å². The SMILES string of the molecule is CC[C@H]1OC(=O)[C@H](C)[C@@H](O[C@H]2C[C@@](C)(OC)[C@@H](O)[C@H](C)O2)[C@H](C)[C@@H](O[C@H]2O[C@@H](C)C[C@@H](N(C)C)[C@@H]2O)[C@](C)(OC)C[C@@H](C)/C(=N/N)[C@H](C)[C@@H](O)[C@]1(C)O. The maximum Gasteiger partial charge on any atom is 0.311 e. The molecule has 15 heteroatoms. The largest absolute Gasteiger partial charge is 0.459 e. The molecule has 15 nitrogen and oxygen atoms in total. The van der Waals surface area contributed by atoms with Crippen LogP contribution in [0.3, 0.4) is 0 Å². The van der Waals surface area contributed by atoms with Gasteiger partial charge in [0.2, 0.25) is 0 Å². The number of carbonyl (C=O) groups excluding carboxylic acids is 1. The predicted octanol–water partition coefficient (Wildman–Crippen LogP) is 2.19. The second kappa shape index (κ2) is 18.2. The van der Waals surface area contributed by atoms with Crippen molar-refractivity contribution in [1.29, 1.82) is 0 Å². The zero-order chi connectivity index (χ0) is 40.4. The molecule has 0 radical (unpaired) electrons. The van der Waals surface area contributed by atoms with Gasteiger partial charge < -0.3 is 64.3 Å². The van der Waals surface area contributed by atoms with Gasteiger partial charge in [0.05, 0.1) is 47.6 Å². The van der Waals surface area contributed by atoms with Crippen LogP contribution >= 0.6 is 0 Å². The number of methoxy groups -OCH3 is 2. The second-order valence-electron chi connectivity index (χ2n) is 16.8. The molecule has 0 aromatic heterocycles. The number of nitrogens with zero attached hydrogens (tertiary/aromatic N) is 2. The van der Waals surface area contributed by atoms with Crippen LogP contribution in [-0.4, -0.2) is 150 Å². The minimum atomic E-state index is -1.88. The second-order valence-corrected chi connectivity index (χ2v) is 16.8. The van der Waals surface area contributed by atoms with Crippen molar-refractivity contribution < 1.29 is 58.4 Å². The van der Waals surface area contributed by atoms with Gasteiger partial charge in [-0.05, 0) is 80.8 Å². The van der Waals surface area contributed by atoms with E-state index in [1.54, 1.807) is 41.7 Å². The molecule has 6 N–H and O–H groups in total. The highest BCUT2D eigenvalue weighted by Gasteiger charge is 2.54. The number of likely N-dealkylation sites (N-methyl/N-ethyl adjacent to an activating group) is 1. The first kappa shape index (κ1) is 45.9. The number of cyclic esters (lactones) is 1. The molecule has 3 fully saturated rings. The lowest BCUT2D eigenvalue weighted by Gasteiger charge is -2.50. The lowest BCUT2D eigenvalue weighted by atomic mass is 9.73. The van der Waals surface area contributed by atoms with Crippen LogP contribution in [-0.2, 0) is 38.0 Å². The molecule has 0 unspecified atom stereocenters. The van der Waals surface area contributed by atoms with Crippen LogP contribution in [0.2, 0.25) is 0 Å². The maximum absolute atomic E-state index is 14.3. The number of hydrazone groups is 1. The Balaban J connectivity index is 2.25. The number of hydrogen-bond acceptors (Lipinski definition) is 15. The molecular formula is C38H71N3O12. The minimum Gasteiger partial charge on any atom is -0.459 e. The normalized spacial score (nSPS) is 49.1. The molecule has 3 aliphatic heterocycles. The molecule has 0 aliphatic carbocycles. The molecule has 18 atom stereocenters. The highest BCUT2D eigenvalue weighted by molar-refractivity contribution is 5.89. The summed E-state index contributed by atoms with van der Waals surface area (Å²) in [5, 5.41) is 50.1. The number of aliphatic hydroxyl groups excluding tert-OH is 3. The number of nitrogens with two attached hydrogens (primary N) is 1. The lowest BCUT2D eigenvalue weighted by Crippen LogP contribution is -2.61. The number of carbonyl (C=O) groups is 1. The minimum absolute atomic E-state index is 0.142. The summed E-state index contributed by atoms with van der Waals surface area (Å²) in [6.45, 7) is 17.7. The topological polar surface area (TPSA) is 204 Å². The smallest absolute Gasteiger partial charge is 0.311 e. The van der Waals surface area contributed by atoms with Crippen molar-refractivity contribution in [2.45, 2.75) is 179 Å². The van der Waals surface area contributed by atoms with Crippen molar-refractivity contribution in [3.8, 4) is 0 Å². The number of ether oxygens (including phenoxy) is 7. The molecule has 0 aromatic carbocycles. The molecule has 0 aromatic rings. The van der Waals surface area contributed by atoms with E-state index < -0.39 is 102 Å². The Bertz CT molecular complexity index is 1220. The Morgan fingerprint density at radius 3 is 2.04 bits per heavy atom. The number of aliphatic hydroxyl groups is 4. The first-order valence-corrected chi connectivity index (χ1v) is 19.2. The maximum atomic E-state index is 14.3. The van der Waals surface area contributed by atoms with Gasteiger partial charge in [0.15, 0.2) is 12.6 Å². The van der Waals surface area contributed by atoms with Crippen LogP contribution in [0.25, 0.3) is 0 Å². The van der Waals surface area contributed by atoms with Gasteiger partial charge in [-0.15, -0.1) is 0 Å². The van der Waals surface area contributed by atoms with Gasteiger partial charge in [-0.2, -0.15) is 5.10 Å². The highest BCUT2D eigenvalue weighted by Crippen LogP contribution is 2.42. The third-order valence-electron chi connectivity index (χ3n) is 12.5. The van der Waals surface area contributed by atoms with Crippen LogP contribution in [0.15, 0.2) is 5.10 Å². The van der Waals surface area contributed by atoms with Gasteiger partial charge in [-0.3, -0.25) is 4.79 Å². The number of rotatable bonds is 8. The van der Waals surface area contributed by atoms with Crippen molar-refractivity contribution in [2.24, 2.45) is 34.6 Å². The summed E-state index contributed by atoms with van der Waals surface area (Å²) < 4.78 is 44.3. The molecule has 53 heavy (non-hydrogen) atoms. The first-order valence-electron chi connectivity index (χ1n) is 19.2. The predicted molar refractivity (Wildman–Crippen MR) is 198 cm³/mol. The van der Waals surface area contributed by atoms with Crippen LogP contribution in [0.5, 0.6) is 0 Å². The average molecular weight is 762 g/mol. The molecule has 3 aliphatic rings. The van der Waals surface area contributed by atoms with E-state index in [9.17, 15) is 25.2 Å². The van der Waals surface area contributed by atoms with Crippen molar-refractivity contribution >= 4 is 11.7 Å². The molecule has 3 saturated heterocycles. The fourth-order valence-electron chi connectivity index (χ4n) is 8.84. The van der Waals surface area contributed by atoms with Crippen LogP contribution in [0.4, 0.5) is 0 Å². The van der Waals surface area contributed by atoms with Crippen LogP contribution in [0, 0.1) is 23.7 Å². The highest BCUT2D eigenvalue weighted by atomic mass is 16.7. The monoisotopic (exact) mass is 762 g/mol. The van der Waals surface area contributed by atoms with Gasteiger partial charge in [-0.25, -0.2) is 0 Å². The first-order chi connectivity index (χ1) is 24.5. The quantitative estimate of drug-likeness (QED) is 0.137. The summed E-state index contributed by atoms with van der Waals surface area (Å²) in [7, 11) is 6.86. The summed E-state index contributed by atoms with van der Waals surface area (Å²) in [6.07, 6.45) is -8.11. The molecule has 310 valence electrons.